The lowest BCUT2D eigenvalue weighted by Gasteiger charge is -1.92. The summed E-state index contributed by atoms with van der Waals surface area (Å²) in [5.41, 5.74) is 1.01. The molecule has 4 heteroatoms. The van der Waals surface area contributed by atoms with Gasteiger partial charge in [-0.25, -0.2) is 0 Å². The molecule has 0 aliphatic heterocycles. The predicted molar refractivity (Wildman–Crippen MR) is 40.5 cm³/mol. The van der Waals surface area contributed by atoms with Crippen LogP contribution in [0.5, 0.6) is 0 Å². The summed E-state index contributed by atoms with van der Waals surface area (Å²) in [6.45, 7) is 0.660. The van der Waals surface area contributed by atoms with E-state index in [-0.39, 0.29) is 0 Å². The molecule has 58 valence electrons. The van der Waals surface area contributed by atoms with E-state index < -0.39 is 0 Å². The summed E-state index contributed by atoms with van der Waals surface area (Å²) < 4.78 is 1.75. The van der Waals surface area contributed by atoms with Gasteiger partial charge in [0.15, 0.2) is 6.19 Å². The molecular weight excluding hydrogens is 140 g/mol. The molecule has 1 N–H and O–H groups in total. The van der Waals surface area contributed by atoms with Crippen LogP contribution in [0.4, 0.5) is 0 Å². The first-order valence-corrected chi connectivity index (χ1v) is 3.43. The van der Waals surface area contributed by atoms with Crippen molar-refractivity contribution in [1.82, 2.24) is 15.1 Å². The normalized spacial score (nSPS) is 9.09. The fourth-order valence-electron chi connectivity index (χ4n) is 0.843. The minimum atomic E-state index is 0.660. The number of nitrogens with zero attached hydrogens (tertiary/aromatic N) is 3. The van der Waals surface area contributed by atoms with E-state index in [1.807, 2.05) is 25.5 Å². The third-order valence-electron chi connectivity index (χ3n) is 1.35. The summed E-state index contributed by atoms with van der Waals surface area (Å²) in [7, 11) is 1.88. The first-order valence-electron chi connectivity index (χ1n) is 3.43. The maximum Gasteiger partial charge on any atom is 0.176 e. The fraction of sp³-hybridized carbons (Fsp3) is 0.429. The van der Waals surface area contributed by atoms with Crippen molar-refractivity contribution in [1.29, 1.82) is 5.26 Å². The number of nitrogens with one attached hydrogen (secondary N) is 1. The lowest BCUT2D eigenvalue weighted by molar-refractivity contribution is 0.727. The lowest BCUT2D eigenvalue weighted by atomic mass is 10.3. The smallest absolute Gasteiger partial charge is 0.176 e. The van der Waals surface area contributed by atoms with Crippen molar-refractivity contribution in [2.75, 3.05) is 6.54 Å². The zero-order chi connectivity index (χ0) is 8.10. The van der Waals surface area contributed by atoms with E-state index in [4.69, 9.17) is 5.26 Å². The molecule has 0 unspecified atom stereocenters. The van der Waals surface area contributed by atoms with Crippen molar-refractivity contribution < 1.29 is 0 Å². The van der Waals surface area contributed by atoms with Gasteiger partial charge in [-0.3, -0.25) is 4.68 Å². The van der Waals surface area contributed by atoms with E-state index in [1.54, 1.807) is 4.68 Å². The highest BCUT2D eigenvalue weighted by Crippen LogP contribution is 1.93. The van der Waals surface area contributed by atoms with Crippen LogP contribution in [-0.2, 0) is 13.5 Å². The first kappa shape index (κ1) is 7.61. The van der Waals surface area contributed by atoms with Gasteiger partial charge >= 0.3 is 0 Å². The molecule has 0 bridgehead atoms. The number of hydrogen-bond donors (Lipinski definition) is 1. The van der Waals surface area contributed by atoms with Crippen molar-refractivity contribution in [3.63, 3.8) is 0 Å². The van der Waals surface area contributed by atoms with Crippen molar-refractivity contribution in [3.05, 3.63) is 18.0 Å². The van der Waals surface area contributed by atoms with Crippen LogP contribution in [0.25, 0.3) is 0 Å². The highest BCUT2D eigenvalue weighted by atomic mass is 15.2. The molecular formula is C7H10N4. The molecule has 0 saturated carbocycles. The summed E-state index contributed by atoms with van der Waals surface area (Å²) in [5, 5.41) is 14.9. The molecule has 0 aliphatic rings. The van der Waals surface area contributed by atoms with Crippen molar-refractivity contribution in [3.8, 4) is 6.19 Å². The van der Waals surface area contributed by atoms with Gasteiger partial charge in [0, 0.05) is 26.2 Å². The monoisotopic (exact) mass is 150 g/mol. The number of rotatable bonds is 3. The molecule has 0 radical (unpaired) electrons. The Kier molecular flexibility index (Phi) is 2.50. The van der Waals surface area contributed by atoms with E-state index in [2.05, 4.69) is 10.4 Å². The fourth-order valence-corrected chi connectivity index (χ4v) is 0.843. The van der Waals surface area contributed by atoms with Crippen LogP contribution in [0, 0.1) is 11.5 Å². The molecule has 1 aromatic heterocycles. The molecule has 0 aliphatic carbocycles. The highest BCUT2D eigenvalue weighted by molar-refractivity contribution is 4.99. The Labute approximate surface area is 65.4 Å². The van der Waals surface area contributed by atoms with E-state index in [0.717, 1.165) is 12.1 Å². The number of aromatic nitrogens is 2. The Hall–Kier alpha value is -1.50. The molecule has 0 amide bonds. The summed E-state index contributed by atoms with van der Waals surface area (Å²) in [4.78, 5) is 0. The number of aryl methyl sites for hydroxylation is 1. The quantitative estimate of drug-likeness (QED) is 0.376. The van der Waals surface area contributed by atoms with Crippen molar-refractivity contribution >= 4 is 0 Å². The largest absolute Gasteiger partial charge is 0.323 e. The van der Waals surface area contributed by atoms with Gasteiger partial charge in [0.2, 0.25) is 0 Å². The Bertz CT molecular complexity index is 258. The van der Waals surface area contributed by atoms with Gasteiger partial charge in [-0.15, -0.1) is 0 Å². The average Bonchev–Trinajstić information content (AvgIpc) is 2.37. The molecule has 1 aromatic rings. The van der Waals surface area contributed by atoms with Gasteiger partial charge in [-0.1, -0.05) is 0 Å². The molecule has 11 heavy (non-hydrogen) atoms. The maximum atomic E-state index is 8.16. The van der Waals surface area contributed by atoms with Gasteiger partial charge in [-0.2, -0.15) is 10.4 Å². The first-order chi connectivity index (χ1) is 5.33. The third kappa shape index (κ3) is 2.30. The summed E-state index contributed by atoms with van der Waals surface area (Å²) in [5.74, 6) is 0. The van der Waals surface area contributed by atoms with Crippen LogP contribution in [-0.4, -0.2) is 16.3 Å². The molecule has 0 spiro atoms. The van der Waals surface area contributed by atoms with E-state index in [1.165, 1.54) is 0 Å². The SMILES string of the molecule is Cn1ccc(CCNC#N)n1. The predicted octanol–water partition coefficient (Wildman–Crippen LogP) is 0.0333. The molecule has 4 nitrogen and oxygen atoms in total. The second-order valence-electron chi connectivity index (χ2n) is 2.27. The van der Waals surface area contributed by atoms with Gasteiger partial charge < -0.3 is 5.32 Å². The summed E-state index contributed by atoms with van der Waals surface area (Å²) in [6, 6.07) is 1.94. The second-order valence-corrected chi connectivity index (χ2v) is 2.27. The Morgan fingerprint density at radius 1 is 1.82 bits per heavy atom. The molecule has 1 rings (SSSR count). The van der Waals surface area contributed by atoms with Crippen LogP contribution < -0.4 is 5.32 Å². The Morgan fingerprint density at radius 2 is 2.64 bits per heavy atom. The Balaban J connectivity index is 2.34. The summed E-state index contributed by atoms with van der Waals surface area (Å²) >= 11 is 0. The highest BCUT2D eigenvalue weighted by Gasteiger charge is 1.94. The molecule has 1 heterocycles. The lowest BCUT2D eigenvalue weighted by Crippen LogP contribution is -2.10. The minimum absolute atomic E-state index is 0.660. The van der Waals surface area contributed by atoms with Gasteiger partial charge in [-0.05, 0) is 6.07 Å². The molecule has 0 atom stereocenters. The van der Waals surface area contributed by atoms with Crippen molar-refractivity contribution in [2.45, 2.75) is 6.42 Å². The Morgan fingerprint density at radius 3 is 3.18 bits per heavy atom. The van der Waals surface area contributed by atoms with Gasteiger partial charge in [0.1, 0.15) is 0 Å². The van der Waals surface area contributed by atoms with Crippen LogP contribution >= 0.6 is 0 Å². The van der Waals surface area contributed by atoms with E-state index >= 15 is 0 Å². The van der Waals surface area contributed by atoms with Gasteiger partial charge in [0.05, 0.1) is 5.69 Å². The van der Waals surface area contributed by atoms with Crippen molar-refractivity contribution in [2.24, 2.45) is 7.05 Å². The standard InChI is InChI=1S/C7H10N4/c1-11-5-3-7(10-11)2-4-9-6-8/h3,5,9H,2,4H2,1H3. The zero-order valence-corrected chi connectivity index (χ0v) is 6.41. The minimum Gasteiger partial charge on any atom is -0.323 e. The molecule has 0 aromatic carbocycles. The number of hydrogen-bond acceptors (Lipinski definition) is 3. The molecule has 0 fully saturated rings. The average molecular weight is 150 g/mol. The number of nitriles is 1. The van der Waals surface area contributed by atoms with Crippen LogP contribution in [0.2, 0.25) is 0 Å². The van der Waals surface area contributed by atoms with Crippen LogP contribution in [0.15, 0.2) is 12.3 Å². The topological polar surface area (TPSA) is 53.6 Å². The third-order valence-corrected chi connectivity index (χ3v) is 1.35. The summed E-state index contributed by atoms with van der Waals surface area (Å²) in [6.07, 6.45) is 4.55. The van der Waals surface area contributed by atoms with E-state index in [9.17, 15) is 0 Å². The zero-order valence-electron chi connectivity index (χ0n) is 6.41. The maximum absolute atomic E-state index is 8.16. The van der Waals surface area contributed by atoms with E-state index in [0.29, 0.717) is 6.54 Å². The van der Waals surface area contributed by atoms with Crippen LogP contribution in [0.3, 0.4) is 0 Å². The second kappa shape index (κ2) is 3.62. The van der Waals surface area contributed by atoms with Crippen LogP contribution in [0.1, 0.15) is 5.69 Å². The molecule has 0 saturated heterocycles. The van der Waals surface area contributed by atoms with Gasteiger partial charge in [0.25, 0.3) is 0 Å².